The Kier molecular flexibility index (Phi) is 6.49. The van der Waals surface area contributed by atoms with Crippen molar-refractivity contribution in [3.05, 3.63) is 90.0 Å². The zero-order chi connectivity index (χ0) is 23.4. The van der Waals surface area contributed by atoms with Crippen molar-refractivity contribution in [1.29, 1.82) is 0 Å². The van der Waals surface area contributed by atoms with Gasteiger partial charge in [-0.15, -0.1) is 5.10 Å². The van der Waals surface area contributed by atoms with Gasteiger partial charge in [-0.3, -0.25) is 9.48 Å². The number of aromatic nitrogens is 2. The Balaban J connectivity index is 1.75. The van der Waals surface area contributed by atoms with E-state index in [9.17, 15) is 13.6 Å². The lowest BCUT2D eigenvalue weighted by Crippen LogP contribution is -2.12. The first-order chi connectivity index (χ1) is 16.0. The Hall–Kier alpha value is -4.00. The van der Waals surface area contributed by atoms with Crippen LogP contribution < -0.4 is 9.47 Å². The zero-order valence-electron chi connectivity index (χ0n) is 18.2. The van der Waals surface area contributed by atoms with Gasteiger partial charge in [0.05, 0.1) is 18.4 Å². The number of carbonyl (C=O) groups is 1. The van der Waals surface area contributed by atoms with Crippen molar-refractivity contribution in [3.8, 4) is 34.0 Å². The standard InChI is InChI=1S/C26H22F2N2O3/c1-3-30-25(19-8-14-22(32-2)15-9-19)24(18-6-12-21(28)13-7-18)26(29-30)33-16-23(31)17-4-10-20(27)11-5-17/h4-15H,3,16H2,1-2H3. The van der Waals surface area contributed by atoms with Gasteiger partial charge in [0.25, 0.3) is 0 Å². The molecule has 1 aromatic heterocycles. The lowest BCUT2D eigenvalue weighted by atomic mass is 10.0. The van der Waals surface area contributed by atoms with Crippen LogP contribution in [0.1, 0.15) is 17.3 Å². The van der Waals surface area contributed by atoms with Crippen LogP contribution in [0.3, 0.4) is 0 Å². The van der Waals surface area contributed by atoms with E-state index < -0.39 is 5.82 Å². The minimum atomic E-state index is -0.420. The number of hydrogen-bond acceptors (Lipinski definition) is 4. The molecule has 0 bridgehead atoms. The fourth-order valence-corrected chi connectivity index (χ4v) is 3.54. The molecule has 0 saturated heterocycles. The van der Waals surface area contributed by atoms with Gasteiger partial charge in [-0.05, 0) is 73.2 Å². The number of halogens is 2. The van der Waals surface area contributed by atoms with E-state index in [1.807, 2.05) is 31.2 Å². The Morgan fingerprint density at radius 3 is 2.03 bits per heavy atom. The van der Waals surface area contributed by atoms with Crippen LogP contribution in [-0.2, 0) is 6.54 Å². The van der Waals surface area contributed by atoms with Crippen LogP contribution >= 0.6 is 0 Å². The van der Waals surface area contributed by atoms with Gasteiger partial charge in [0.15, 0.2) is 12.4 Å². The number of ether oxygens (including phenoxy) is 2. The van der Waals surface area contributed by atoms with Crippen molar-refractivity contribution < 1.29 is 23.0 Å². The first-order valence-electron chi connectivity index (χ1n) is 10.4. The lowest BCUT2D eigenvalue weighted by molar-refractivity contribution is 0.0918. The molecule has 4 rings (SSSR count). The third-order valence-corrected chi connectivity index (χ3v) is 5.22. The third kappa shape index (κ3) is 4.77. The third-order valence-electron chi connectivity index (χ3n) is 5.22. The second-order valence-electron chi connectivity index (χ2n) is 7.30. The van der Waals surface area contributed by atoms with Crippen LogP contribution in [0.5, 0.6) is 11.6 Å². The summed E-state index contributed by atoms with van der Waals surface area (Å²) in [5, 5.41) is 4.58. The quantitative estimate of drug-likeness (QED) is 0.321. The molecule has 33 heavy (non-hydrogen) atoms. The summed E-state index contributed by atoms with van der Waals surface area (Å²) < 4.78 is 39.7. The highest BCUT2D eigenvalue weighted by molar-refractivity contribution is 5.97. The second kappa shape index (κ2) is 9.65. The molecule has 0 aliphatic carbocycles. The number of Topliss-reactive ketones (excluding diaryl/α,β-unsaturated/α-hetero) is 1. The van der Waals surface area contributed by atoms with Crippen molar-refractivity contribution in [1.82, 2.24) is 9.78 Å². The largest absolute Gasteiger partial charge is 0.497 e. The molecule has 0 atom stereocenters. The van der Waals surface area contributed by atoms with Gasteiger partial charge in [0.1, 0.15) is 17.4 Å². The summed E-state index contributed by atoms with van der Waals surface area (Å²) in [6.45, 7) is 2.22. The summed E-state index contributed by atoms with van der Waals surface area (Å²) in [5.74, 6) is -0.119. The summed E-state index contributed by atoms with van der Waals surface area (Å²) >= 11 is 0. The van der Waals surface area contributed by atoms with E-state index in [1.54, 1.807) is 23.9 Å². The van der Waals surface area contributed by atoms with Gasteiger partial charge in [0.2, 0.25) is 5.88 Å². The summed E-state index contributed by atoms with van der Waals surface area (Å²) in [4.78, 5) is 12.6. The molecule has 0 aliphatic rings. The van der Waals surface area contributed by atoms with Crippen molar-refractivity contribution in [2.75, 3.05) is 13.7 Å². The van der Waals surface area contributed by atoms with Crippen LogP contribution in [0.2, 0.25) is 0 Å². The second-order valence-corrected chi connectivity index (χ2v) is 7.30. The molecule has 0 saturated carbocycles. The van der Waals surface area contributed by atoms with Gasteiger partial charge in [-0.2, -0.15) is 0 Å². The molecule has 0 unspecified atom stereocenters. The number of ketones is 1. The predicted molar refractivity (Wildman–Crippen MR) is 122 cm³/mol. The summed E-state index contributed by atoms with van der Waals surface area (Å²) in [7, 11) is 1.60. The smallest absolute Gasteiger partial charge is 0.241 e. The van der Waals surface area contributed by atoms with Crippen LogP contribution in [0.4, 0.5) is 8.78 Å². The number of methoxy groups -OCH3 is 1. The molecule has 4 aromatic rings. The van der Waals surface area contributed by atoms with Gasteiger partial charge in [-0.1, -0.05) is 12.1 Å². The SMILES string of the molecule is CCn1nc(OCC(=O)c2ccc(F)cc2)c(-c2ccc(F)cc2)c1-c1ccc(OC)cc1. The van der Waals surface area contributed by atoms with Crippen LogP contribution in [0.15, 0.2) is 72.8 Å². The van der Waals surface area contributed by atoms with Gasteiger partial charge in [-0.25, -0.2) is 8.78 Å². The van der Waals surface area contributed by atoms with Crippen molar-refractivity contribution in [2.24, 2.45) is 0 Å². The fraction of sp³-hybridized carbons (Fsp3) is 0.154. The highest BCUT2D eigenvalue weighted by Gasteiger charge is 2.23. The first-order valence-corrected chi connectivity index (χ1v) is 10.4. The Morgan fingerprint density at radius 2 is 1.45 bits per heavy atom. The summed E-state index contributed by atoms with van der Waals surface area (Å²) in [6.07, 6.45) is 0. The van der Waals surface area contributed by atoms with Crippen LogP contribution in [-0.4, -0.2) is 29.3 Å². The van der Waals surface area contributed by atoms with Gasteiger partial charge < -0.3 is 9.47 Å². The number of hydrogen-bond donors (Lipinski definition) is 0. The molecule has 0 spiro atoms. The molecule has 3 aromatic carbocycles. The number of aryl methyl sites for hydroxylation is 1. The zero-order valence-corrected chi connectivity index (χ0v) is 18.2. The Labute approximate surface area is 190 Å². The average Bonchev–Trinajstić information content (AvgIpc) is 3.22. The molecule has 1 heterocycles. The monoisotopic (exact) mass is 448 g/mol. The van der Waals surface area contributed by atoms with E-state index in [2.05, 4.69) is 5.10 Å². The van der Waals surface area contributed by atoms with E-state index in [0.29, 0.717) is 29.0 Å². The molecule has 5 nitrogen and oxygen atoms in total. The van der Waals surface area contributed by atoms with E-state index in [1.165, 1.54) is 36.4 Å². The van der Waals surface area contributed by atoms with Crippen molar-refractivity contribution in [3.63, 3.8) is 0 Å². The maximum absolute atomic E-state index is 13.6. The Morgan fingerprint density at radius 1 is 0.879 bits per heavy atom. The van der Waals surface area contributed by atoms with E-state index >= 15 is 0 Å². The average molecular weight is 448 g/mol. The Bertz CT molecular complexity index is 1250. The molecule has 168 valence electrons. The highest BCUT2D eigenvalue weighted by atomic mass is 19.1. The lowest BCUT2D eigenvalue weighted by Gasteiger charge is -2.10. The minimum absolute atomic E-state index is 0.254. The predicted octanol–water partition coefficient (Wildman–Crippen LogP) is 5.79. The topological polar surface area (TPSA) is 53.4 Å². The van der Waals surface area contributed by atoms with Gasteiger partial charge >= 0.3 is 0 Å². The number of rotatable bonds is 8. The fourth-order valence-electron chi connectivity index (χ4n) is 3.54. The van der Waals surface area contributed by atoms with Crippen molar-refractivity contribution >= 4 is 5.78 Å². The maximum atomic E-state index is 13.6. The van der Waals surface area contributed by atoms with E-state index in [-0.39, 0.29) is 24.1 Å². The highest BCUT2D eigenvalue weighted by Crippen LogP contribution is 2.40. The van der Waals surface area contributed by atoms with E-state index in [0.717, 1.165) is 11.3 Å². The van der Waals surface area contributed by atoms with Gasteiger partial charge in [0, 0.05) is 17.7 Å². The molecule has 7 heteroatoms. The molecule has 0 N–H and O–H groups in total. The van der Waals surface area contributed by atoms with Crippen LogP contribution in [0, 0.1) is 11.6 Å². The maximum Gasteiger partial charge on any atom is 0.241 e. The number of nitrogens with zero attached hydrogens (tertiary/aromatic N) is 2. The minimum Gasteiger partial charge on any atom is -0.497 e. The first kappa shape index (κ1) is 22.2. The molecule has 0 amide bonds. The molecular weight excluding hydrogens is 426 g/mol. The molecular formula is C26H22F2N2O3. The van der Waals surface area contributed by atoms with E-state index in [4.69, 9.17) is 9.47 Å². The summed E-state index contributed by atoms with van der Waals surface area (Å²) in [5.41, 5.74) is 3.32. The molecule has 0 radical (unpaired) electrons. The number of benzene rings is 3. The normalized spacial score (nSPS) is 10.8. The number of carbonyl (C=O) groups excluding carboxylic acids is 1. The molecule has 0 fully saturated rings. The van der Waals surface area contributed by atoms with Crippen molar-refractivity contribution in [2.45, 2.75) is 13.5 Å². The molecule has 0 aliphatic heterocycles. The van der Waals surface area contributed by atoms with Crippen LogP contribution in [0.25, 0.3) is 22.4 Å². The summed E-state index contributed by atoms with van der Waals surface area (Å²) in [6, 6.07) is 18.8.